The second-order valence-electron chi connectivity index (χ2n) is 10.9. The van der Waals surface area contributed by atoms with Crippen LogP contribution in [0.5, 0.6) is 0 Å². The smallest absolute Gasteiger partial charge is 0.305 e. The Kier molecular flexibility index (Phi) is 19.7. The number of benzene rings is 1. The summed E-state index contributed by atoms with van der Waals surface area (Å²) in [5.41, 5.74) is 3.26. The zero-order valence-electron chi connectivity index (χ0n) is 27.6. The zero-order chi connectivity index (χ0) is 32.7. The summed E-state index contributed by atoms with van der Waals surface area (Å²) >= 11 is 0. The number of aromatic nitrogens is 1. The Hall–Kier alpha value is -3.82. The van der Waals surface area contributed by atoms with Crippen LogP contribution in [0.3, 0.4) is 0 Å². The van der Waals surface area contributed by atoms with Crippen LogP contribution in [0.2, 0.25) is 0 Å². The lowest BCUT2D eigenvalue weighted by atomic mass is 10.0. The largest absolute Gasteiger partial charge is 0.469 e. The van der Waals surface area contributed by atoms with Crippen molar-refractivity contribution < 1.29 is 23.9 Å². The summed E-state index contributed by atoms with van der Waals surface area (Å²) in [6, 6.07) is 8.01. The molecule has 2 aliphatic heterocycles. The van der Waals surface area contributed by atoms with Crippen LogP contribution in [0.25, 0.3) is 10.9 Å². The van der Waals surface area contributed by atoms with Gasteiger partial charge in [-0.1, -0.05) is 77.7 Å². The maximum Gasteiger partial charge on any atom is 0.305 e. The number of methoxy groups -OCH3 is 1. The molecule has 2 aliphatic rings. The van der Waals surface area contributed by atoms with Gasteiger partial charge in [-0.2, -0.15) is 0 Å². The van der Waals surface area contributed by atoms with Crippen molar-refractivity contribution >= 4 is 34.6 Å². The van der Waals surface area contributed by atoms with Crippen LogP contribution >= 0.6 is 0 Å². The van der Waals surface area contributed by atoms with Crippen LogP contribution < -0.4 is 16.0 Å². The van der Waals surface area contributed by atoms with E-state index in [1.807, 2.05) is 17.2 Å². The Bertz CT molecular complexity index is 1120. The predicted molar refractivity (Wildman–Crippen MR) is 177 cm³/mol. The average Bonchev–Trinajstić information content (AvgIpc) is 3.44. The standard InChI is InChI=1S/C13H20N4O3.C9H9N.C8H16O2.C4H10/c1-9-6-14-11(18)7-15-12(19)8-16-13(20)10-4-2-3-5-17(9)10;1-7-6-10-9-5-3-2-4-8(7)9;1-3-4-5-6-7-8(9)10-2;1-3-4-2/h10H,1-8H2,(H,14,18)(H,15,19)(H,16,20);2-6,10H,1H3;3-7H2,1-2H3;3-4H2,1-2H3. The first-order chi connectivity index (χ1) is 21.2. The monoisotopic (exact) mass is 613 g/mol. The number of hydrogen-bond donors (Lipinski definition) is 4. The van der Waals surface area contributed by atoms with Gasteiger partial charge in [-0.15, -0.1) is 0 Å². The van der Waals surface area contributed by atoms with Gasteiger partial charge in [-0.25, -0.2) is 0 Å². The van der Waals surface area contributed by atoms with Crippen molar-refractivity contribution in [2.75, 3.05) is 33.3 Å². The molecule has 0 saturated carbocycles. The Morgan fingerprint density at radius 1 is 0.909 bits per heavy atom. The van der Waals surface area contributed by atoms with Gasteiger partial charge < -0.3 is 30.6 Å². The Labute approximate surface area is 263 Å². The highest BCUT2D eigenvalue weighted by atomic mass is 16.5. The van der Waals surface area contributed by atoms with E-state index in [9.17, 15) is 19.2 Å². The van der Waals surface area contributed by atoms with Crippen LogP contribution in [-0.4, -0.2) is 72.9 Å². The molecule has 0 radical (unpaired) electrons. The van der Waals surface area contributed by atoms with E-state index in [4.69, 9.17) is 0 Å². The van der Waals surface area contributed by atoms with E-state index in [1.165, 1.54) is 49.3 Å². The first-order valence-corrected chi connectivity index (χ1v) is 16.0. The minimum atomic E-state index is -0.366. The number of fused-ring (bicyclic) bond motifs is 2. The number of nitrogens with zero attached hydrogens (tertiary/aromatic N) is 1. The highest BCUT2D eigenvalue weighted by Crippen LogP contribution is 2.21. The van der Waals surface area contributed by atoms with E-state index in [-0.39, 0.29) is 42.8 Å². The number of aryl methyl sites for hydroxylation is 1. The van der Waals surface area contributed by atoms with Crippen molar-refractivity contribution in [3.63, 3.8) is 0 Å². The zero-order valence-corrected chi connectivity index (χ0v) is 27.6. The number of esters is 1. The predicted octanol–water partition coefficient (Wildman–Crippen LogP) is 5.13. The molecule has 1 atom stereocenters. The van der Waals surface area contributed by atoms with Crippen LogP contribution in [0.1, 0.15) is 90.5 Å². The van der Waals surface area contributed by atoms with Crippen molar-refractivity contribution in [2.45, 2.75) is 97.9 Å². The minimum Gasteiger partial charge on any atom is -0.469 e. The third kappa shape index (κ3) is 15.1. The van der Waals surface area contributed by atoms with Crippen LogP contribution in [0, 0.1) is 6.92 Å². The molecule has 0 aliphatic carbocycles. The van der Waals surface area contributed by atoms with Crippen LogP contribution in [0.4, 0.5) is 0 Å². The number of amides is 3. The molecule has 1 unspecified atom stereocenters. The molecule has 3 amide bonds. The highest BCUT2D eigenvalue weighted by molar-refractivity contribution is 5.90. The number of aromatic amines is 1. The van der Waals surface area contributed by atoms with Gasteiger partial charge in [-0.05, 0) is 44.2 Å². The molecule has 246 valence electrons. The fraction of sp³-hybridized carbons (Fsp3) is 0.588. The van der Waals surface area contributed by atoms with Gasteiger partial charge in [0.1, 0.15) is 6.04 Å². The lowest BCUT2D eigenvalue weighted by Crippen LogP contribution is -2.53. The lowest BCUT2D eigenvalue weighted by Gasteiger charge is -2.37. The third-order valence-corrected chi connectivity index (χ3v) is 7.33. The highest BCUT2D eigenvalue weighted by Gasteiger charge is 2.30. The molecule has 10 heteroatoms. The number of unbranched alkanes of at least 4 members (excludes halogenated alkanes) is 4. The molecule has 10 nitrogen and oxygen atoms in total. The number of hydrogen-bond acceptors (Lipinski definition) is 6. The summed E-state index contributed by atoms with van der Waals surface area (Å²) < 4.78 is 4.49. The van der Waals surface area contributed by atoms with E-state index in [0.717, 1.165) is 44.3 Å². The number of nitrogens with one attached hydrogen (secondary N) is 4. The van der Waals surface area contributed by atoms with E-state index >= 15 is 0 Å². The maximum atomic E-state index is 12.2. The molecule has 3 heterocycles. The van der Waals surface area contributed by atoms with Crippen molar-refractivity contribution in [3.05, 3.63) is 48.3 Å². The second-order valence-corrected chi connectivity index (χ2v) is 10.9. The molecule has 2 saturated heterocycles. The van der Waals surface area contributed by atoms with Gasteiger partial charge in [0.05, 0.1) is 26.7 Å². The number of para-hydroxylation sites is 1. The van der Waals surface area contributed by atoms with E-state index in [0.29, 0.717) is 13.0 Å². The summed E-state index contributed by atoms with van der Waals surface area (Å²) in [5.74, 6) is -0.876. The number of carbonyl (C=O) groups is 4. The fourth-order valence-electron chi connectivity index (χ4n) is 4.49. The maximum absolute atomic E-state index is 12.2. The quantitative estimate of drug-likeness (QED) is 0.264. The number of piperidine rings is 1. The van der Waals surface area contributed by atoms with E-state index in [2.05, 4.69) is 78.1 Å². The van der Waals surface area contributed by atoms with Gasteiger partial charge in [-0.3, -0.25) is 19.2 Å². The Morgan fingerprint density at radius 3 is 2.20 bits per heavy atom. The number of rotatable bonds is 6. The molecule has 1 aromatic carbocycles. The van der Waals surface area contributed by atoms with Gasteiger partial charge in [0, 0.05) is 35.8 Å². The molecular weight excluding hydrogens is 558 g/mol. The molecule has 44 heavy (non-hydrogen) atoms. The number of H-pyrrole nitrogens is 1. The molecular formula is C34H55N5O5. The third-order valence-electron chi connectivity index (χ3n) is 7.33. The molecule has 1 aromatic heterocycles. The lowest BCUT2D eigenvalue weighted by molar-refractivity contribution is -0.140. The summed E-state index contributed by atoms with van der Waals surface area (Å²) in [6.07, 6.45) is 12.5. The van der Waals surface area contributed by atoms with Crippen LogP contribution in [0.15, 0.2) is 42.7 Å². The SMILES string of the molecule is C=C1CNC(=O)CNC(=O)CNC(=O)C2CCCCN12.CCCC.CCCCCCC(=O)OC.Cc1c[nH]c2ccccc12. The van der Waals surface area contributed by atoms with Crippen LogP contribution in [-0.2, 0) is 23.9 Å². The summed E-state index contributed by atoms with van der Waals surface area (Å²) in [5, 5.41) is 9.08. The normalized spacial score (nSPS) is 16.8. The molecule has 2 fully saturated rings. The van der Waals surface area contributed by atoms with Crippen molar-refractivity contribution in [1.29, 1.82) is 0 Å². The van der Waals surface area contributed by atoms with Gasteiger partial charge >= 0.3 is 5.97 Å². The summed E-state index contributed by atoms with van der Waals surface area (Å²) in [6.45, 7) is 13.4. The molecule has 0 spiro atoms. The fourth-order valence-corrected chi connectivity index (χ4v) is 4.49. The summed E-state index contributed by atoms with van der Waals surface area (Å²) in [7, 11) is 1.43. The van der Waals surface area contributed by atoms with Gasteiger partial charge in [0.2, 0.25) is 17.7 Å². The van der Waals surface area contributed by atoms with Crippen molar-refractivity contribution in [2.24, 2.45) is 0 Å². The summed E-state index contributed by atoms with van der Waals surface area (Å²) in [4.78, 5) is 50.8. The van der Waals surface area contributed by atoms with Gasteiger partial charge in [0.15, 0.2) is 0 Å². The topological polar surface area (TPSA) is 133 Å². The average molecular weight is 614 g/mol. The Morgan fingerprint density at radius 2 is 1.57 bits per heavy atom. The first-order valence-electron chi connectivity index (χ1n) is 16.0. The number of ether oxygens (including phenoxy) is 1. The first kappa shape index (κ1) is 38.2. The second kappa shape index (κ2) is 22.7. The van der Waals surface area contributed by atoms with E-state index < -0.39 is 0 Å². The van der Waals surface area contributed by atoms with Crippen molar-refractivity contribution in [3.8, 4) is 0 Å². The Balaban J connectivity index is 0.000000338. The van der Waals surface area contributed by atoms with Gasteiger partial charge in [0.25, 0.3) is 0 Å². The molecule has 0 bridgehead atoms. The molecule has 2 aromatic rings. The minimum absolute atomic E-state index is 0.0869. The molecule has 4 rings (SSSR count). The molecule has 4 N–H and O–H groups in total. The van der Waals surface area contributed by atoms with Crippen molar-refractivity contribution in [1.82, 2.24) is 25.8 Å². The van der Waals surface area contributed by atoms with E-state index in [1.54, 1.807) is 0 Å². The number of carbonyl (C=O) groups excluding carboxylic acids is 4.